The molecule has 3 aromatic carbocycles. The Morgan fingerprint density at radius 2 is 1.73 bits per heavy atom. The second-order valence-corrected chi connectivity index (χ2v) is 7.05. The summed E-state index contributed by atoms with van der Waals surface area (Å²) < 4.78 is 68.3. The third-order valence-corrected chi connectivity index (χ3v) is 4.67. The zero-order valence-electron chi connectivity index (χ0n) is 17.5. The highest BCUT2D eigenvalue weighted by Gasteiger charge is 2.32. The van der Waals surface area contributed by atoms with Gasteiger partial charge in [0, 0.05) is 17.5 Å². The Hall–Kier alpha value is -3.75. The molecule has 0 amide bonds. The summed E-state index contributed by atoms with van der Waals surface area (Å²) in [5, 5.41) is 8.80. The number of aryl methyl sites for hydroxylation is 1. The van der Waals surface area contributed by atoms with E-state index >= 15 is 0 Å². The van der Waals surface area contributed by atoms with Crippen molar-refractivity contribution >= 4 is 5.97 Å². The van der Waals surface area contributed by atoms with Crippen molar-refractivity contribution in [2.24, 2.45) is 0 Å². The number of methoxy groups -OCH3 is 1. The van der Waals surface area contributed by atoms with Crippen LogP contribution in [-0.2, 0) is 17.8 Å². The molecule has 0 aliphatic carbocycles. The van der Waals surface area contributed by atoms with Crippen molar-refractivity contribution in [3.63, 3.8) is 0 Å². The molecule has 33 heavy (non-hydrogen) atoms. The molecule has 0 unspecified atom stereocenters. The van der Waals surface area contributed by atoms with Gasteiger partial charge in [-0.1, -0.05) is 24.3 Å². The van der Waals surface area contributed by atoms with E-state index in [9.17, 15) is 22.4 Å². The summed E-state index contributed by atoms with van der Waals surface area (Å²) in [6.07, 6.45) is -4.71. The maximum Gasteiger partial charge on any atom is 0.573 e. The van der Waals surface area contributed by atoms with Gasteiger partial charge in [0.15, 0.2) is 0 Å². The van der Waals surface area contributed by atoms with Crippen molar-refractivity contribution in [1.29, 1.82) is 0 Å². The highest BCUT2D eigenvalue weighted by Crippen LogP contribution is 2.37. The van der Waals surface area contributed by atoms with Gasteiger partial charge in [-0.25, -0.2) is 4.39 Å². The Morgan fingerprint density at radius 1 is 0.939 bits per heavy atom. The highest BCUT2D eigenvalue weighted by molar-refractivity contribution is 5.72. The van der Waals surface area contributed by atoms with Gasteiger partial charge in [-0.15, -0.1) is 13.2 Å². The van der Waals surface area contributed by atoms with Gasteiger partial charge < -0.3 is 19.3 Å². The first-order chi connectivity index (χ1) is 15.6. The minimum Gasteiger partial charge on any atom is -0.497 e. The standard InChI is InChI=1S/C24H20F4O5/c1-31-17-7-9-21(25)20(13-17)19-8-5-16(12-22(19)33-24(26,27)28)14-32-18-4-2-3-15(11-18)6-10-23(29)30/h2-5,7-9,11-13H,6,10,14H2,1H3,(H,29,30). The van der Waals surface area contributed by atoms with Gasteiger partial charge >= 0.3 is 12.3 Å². The summed E-state index contributed by atoms with van der Waals surface area (Å²) in [6.45, 7) is -0.0858. The second kappa shape index (κ2) is 10.2. The summed E-state index contributed by atoms with van der Waals surface area (Å²) in [6, 6.07) is 14.5. The van der Waals surface area contributed by atoms with Gasteiger partial charge in [-0.3, -0.25) is 4.79 Å². The third-order valence-electron chi connectivity index (χ3n) is 4.67. The van der Waals surface area contributed by atoms with Crippen molar-refractivity contribution in [3.8, 4) is 28.4 Å². The van der Waals surface area contributed by atoms with Crippen LogP contribution in [0.4, 0.5) is 17.6 Å². The molecule has 1 N–H and O–H groups in total. The first-order valence-corrected chi connectivity index (χ1v) is 9.81. The lowest BCUT2D eigenvalue weighted by Crippen LogP contribution is -2.18. The van der Waals surface area contributed by atoms with Crippen LogP contribution in [0, 0.1) is 5.82 Å². The molecule has 0 aromatic heterocycles. The number of carboxylic acid groups (broad SMARTS) is 1. The number of aliphatic carboxylic acids is 1. The third kappa shape index (κ3) is 6.86. The van der Waals surface area contributed by atoms with Gasteiger partial charge in [0.05, 0.1) is 7.11 Å². The van der Waals surface area contributed by atoms with Crippen LogP contribution in [0.1, 0.15) is 17.5 Å². The fourth-order valence-corrected chi connectivity index (χ4v) is 3.13. The van der Waals surface area contributed by atoms with Crippen molar-refractivity contribution in [1.82, 2.24) is 0 Å². The molecule has 0 atom stereocenters. The Bertz CT molecular complexity index is 1130. The largest absolute Gasteiger partial charge is 0.573 e. The fraction of sp³-hybridized carbons (Fsp3) is 0.208. The molecule has 9 heteroatoms. The van der Waals surface area contributed by atoms with Crippen molar-refractivity contribution in [2.75, 3.05) is 7.11 Å². The maximum absolute atomic E-state index is 14.4. The number of hydrogen-bond donors (Lipinski definition) is 1. The summed E-state index contributed by atoms with van der Waals surface area (Å²) in [5.41, 5.74) is 0.910. The Balaban J connectivity index is 1.85. The van der Waals surface area contributed by atoms with Crippen LogP contribution >= 0.6 is 0 Å². The Morgan fingerprint density at radius 3 is 2.42 bits per heavy atom. The van der Waals surface area contributed by atoms with Crippen molar-refractivity contribution in [2.45, 2.75) is 25.8 Å². The molecule has 0 aliphatic heterocycles. The Labute approximate surface area is 187 Å². The molecular weight excluding hydrogens is 444 g/mol. The average molecular weight is 464 g/mol. The maximum atomic E-state index is 14.4. The van der Waals surface area contributed by atoms with Crippen LogP contribution in [0.15, 0.2) is 60.7 Å². The molecule has 174 valence electrons. The summed E-state index contributed by atoms with van der Waals surface area (Å²) in [4.78, 5) is 10.7. The number of alkyl halides is 3. The van der Waals surface area contributed by atoms with Crippen LogP contribution in [-0.4, -0.2) is 24.5 Å². The van der Waals surface area contributed by atoms with Gasteiger partial charge in [0.1, 0.15) is 29.7 Å². The number of carboxylic acids is 1. The molecule has 3 aromatic rings. The fourth-order valence-electron chi connectivity index (χ4n) is 3.13. The molecule has 0 saturated carbocycles. The van der Waals surface area contributed by atoms with Gasteiger partial charge in [0.25, 0.3) is 0 Å². The smallest absolute Gasteiger partial charge is 0.497 e. The van der Waals surface area contributed by atoms with Gasteiger partial charge in [-0.05, 0) is 53.9 Å². The minimum atomic E-state index is -4.98. The van der Waals surface area contributed by atoms with E-state index in [2.05, 4.69) is 4.74 Å². The average Bonchev–Trinajstić information content (AvgIpc) is 2.76. The Kier molecular flexibility index (Phi) is 7.42. The highest BCUT2D eigenvalue weighted by atomic mass is 19.4. The molecule has 0 radical (unpaired) electrons. The summed E-state index contributed by atoms with van der Waals surface area (Å²) in [7, 11) is 1.36. The van der Waals surface area contributed by atoms with Crippen molar-refractivity contribution < 1.29 is 41.7 Å². The van der Waals surface area contributed by atoms with Crippen LogP contribution < -0.4 is 14.2 Å². The quantitative estimate of drug-likeness (QED) is 0.394. The molecular formula is C24H20F4O5. The lowest BCUT2D eigenvalue weighted by atomic mass is 10.0. The molecule has 0 spiro atoms. The number of ether oxygens (including phenoxy) is 3. The minimum absolute atomic E-state index is 0.0378. The van der Waals surface area contributed by atoms with Crippen LogP contribution in [0.25, 0.3) is 11.1 Å². The van der Waals surface area contributed by atoms with E-state index in [0.717, 1.165) is 17.7 Å². The van der Waals surface area contributed by atoms with E-state index in [0.29, 0.717) is 17.7 Å². The first-order valence-electron chi connectivity index (χ1n) is 9.81. The number of halogens is 4. The molecule has 0 saturated heterocycles. The van der Waals surface area contributed by atoms with E-state index < -0.39 is 23.9 Å². The van der Waals surface area contributed by atoms with E-state index in [1.807, 2.05) is 0 Å². The van der Waals surface area contributed by atoms with Gasteiger partial charge in [-0.2, -0.15) is 0 Å². The number of carbonyl (C=O) groups is 1. The van der Waals surface area contributed by atoms with Crippen LogP contribution in [0.2, 0.25) is 0 Å². The first kappa shape index (κ1) is 23.9. The number of rotatable bonds is 9. The van der Waals surface area contributed by atoms with Crippen molar-refractivity contribution in [3.05, 3.63) is 77.6 Å². The van der Waals surface area contributed by atoms with E-state index in [4.69, 9.17) is 14.6 Å². The predicted molar refractivity (Wildman–Crippen MR) is 112 cm³/mol. The van der Waals surface area contributed by atoms with Gasteiger partial charge in [0.2, 0.25) is 0 Å². The predicted octanol–water partition coefficient (Wildman–Crippen LogP) is 6.00. The van der Waals surface area contributed by atoms with Crippen LogP contribution in [0.5, 0.6) is 17.2 Å². The summed E-state index contributed by atoms with van der Waals surface area (Å²) in [5.74, 6) is -1.53. The molecule has 3 rings (SSSR count). The number of benzene rings is 3. The lowest BCUT2D eigenvalue weighted by Gasteiger charge is -2.16. The second-order valence-electron chi connectivity index (χ2n) is 7.05. The lowest BCUT2D eigenvalue weighted by molar-refractivity contribution is -0.274. The monoisotopic (exact) mass is 464 g/mol. The SMILES string of the molecule is COc1ccc(F)c(-c2ccc(COc3cccc(CCC(=O)O)c3)cc2OC(F)(F)F)c1. The topological polar surface area (TPSA) is 65.0 Å². The zero-order valence-corrected chi connectivity index (χ0v) is 17.5. The zero-order chi connectivity index (χ0) is 24.0. The van der Waals surface area contributed by atoms with E-state index in [1.54, 1.807) is 24.3 Å². The molecule has 0 aliphatic rings. The van der Waals surface area contributed by atoms with E-state index in [-0.39, 0.29) is 29.9 Å². The molecule has 0 heterocycles. The van der Waals surface area contributed by atoms with Crippen LogP contribution in [0.3, 0.4) is 0 Å². The van der Waals surface area contributed by atoms with E-state index in [1.165, 1.54) is 31.4 Å². The molecule has 0 bridgehead atoms. The molecule has 0 fully saturated rings. The number of hydrogen-bond acceptors (Lipinski definition) is 4. The molecule has 5 nitrogen and oxygen atoms in total. The normalized spacial score (nSPS) is 11.2. The summed E-state index contributed by atoms with van der Waals surface area (Å²) >= 11 is 0.